The number of piperidine rings is 1. The Labute approximate surface area is 181 Å². The number of hydrogen-bond acceptors (Lipinski definition) is 6. The van der Waals surface area contributed by atoms with Crippen molar-refractivity contribution in [3.05, 3.63) is 41.4 Å². The number of primary amides is 1. The van der Waals surface area contributed by atoms with Crippen molar-refractivity contribution < 1.29 is 32.4 Å². The summed E-state index contributed by atoms with van der Waals surface area (Å²) >= 11 is 0. The fraction of sp³-hybridized carbons (Fsp3) is 0.500. The quantitative estimate of drug-likeness (QED) is 0.712. The third-order valence-electron chi connectivity index (χ3n) is 6.38. The normalized spacial score (nSPS) is 18.4. The van der Waals surface area contributed by atoms with E-state index in [4.69, 9.17) is 10.3 Å². The van der Waals surface area contributed by atoms with Crippen LogP contribution < -0.4 is 10.6 Å². The number of hydrogen-bond donors (Lipinski definition) is 2. The summed E-state index contributed by atoms with van der Waals surface area (Å²) in [7, 11) is 0. The molecule has 0 atom stereocenters. The number of halogens is 3. The van der Waals surface area contributed by atoms with E-state index in [1.165, 1.54) is 17.2 Å². The standard InChI is InChI=1S/C20H22F3N5O4/c21-20(22,23)12-1-4-25-16(7-12)27-5-2-19(3-6-27)9-13(10-19)28(18(30)31)11-14-8-15(17(24)29)26-32-14/h1,4,7-8,13H,2-3,5-6,9-11H2,(H2,24,29)(H,30,31). The highest BCUT2D eigenvalue weighted by molar-refractivity contribution is 5.90. The minimum atomic E-state index is -4.42. The molecule has 9 nitrogen and oxygen atoms in total. The van der Waals surface area contributed by atoms with E-state index in [0.717, 1.165) is 25.0 Å². The van der Waals surface area contributed by atoms with Gasteiger partial charge in [0.1, 0.15) is 5.82 Å². The monoisotopic (exact) mass is 453 g/mol. The second-order valence-electron chi connectivity index (χ2n) is 8.40. The van der Waals surface area contributed by atoms with Crippen LogP contribution in [0.25, 0.3) is 0 Å². The maximum atomic E-state index is 13.0. The molecule has 0 aromatic carbocycles. The van der Waals surface area contributed by atoms with Crippen LogP contribution in [0.15, 0.2) is 28.9 Å². The lowest BCUT2D eigenvalue weighted by molar-refractivity contribution is -0.137. The summed E-state index contributed by atoms with van der Waals surface area (Å²) in [5, 5.41) is 13.1. The fourth-order valence-corrected chi connectivity index (χ4v) is 4.57. The third kappa shape index (κ3) is 4.34. The molecular formula is C20H22F3N5O4. The number of rotatable bonds is 5. The largest absolute Gasteiger partial charge is 0.465 e. The first-order chi connectivity index (χ1) is 15.1. The van der Waals surface area contributed by atoms with Gasteiger partial charge in [-0.3, -0.25) is 9.69 Å². The van der Waals surface area contributed by atoms with E-state index in [9.17, 15) is 27.9 Å². The Morgan fingerprint density at radius 3 is 2.53 bits per heavy atom. The number of nitrogens with two attached hydrogens (primary N) is 1. The Morgan fingerprint density at radius 2 is 1.97 bits per heavy atom. The average Bonchev–Trinajstić information content (AvgIpc) is 3.19. The van der Waals surface area contributed by atoms with Crippen molar-refractivity contribution in [1.82, 2.24) is 15.0 Å². The number of carbonyl (C=O) groups is 2. The zero-order valence-electron chi connectivity index (χ0n) is 17.0. The highest BCUT2D eigenvalue weighted by Gasteiger charge is 2.49. The SMILES string of the molecule is NC(=O)c1cc(CN(C(=O)O)C2CC3(CCN(c4cc(C(F)(F)F)ccn4)CC3)C2)on1. The van der Waals surface area contributed by atoms with Crippen molar-refractivity contribution in [2.75, 3.05) is 18.0 Å². The summed E-state index contributed by atoms with van der Waals surface area (Å²) in [5.74, 6) is -0.229. The van der Waals surface area contributed by atoms with Crippen molar-refractivity contribution in [3.63, 3.8) is 0 Å². The molecule has 2 amide bonds. The molecule has 0 bridgehead atoms. The molecule has 1 saturated carbocycles. The number of carboxylic acid groups (broad SMARTS) is 1. The van der Waals surface area contributed by atoms with Crippen LogP contribution in [0.1, 0.15) is 47.5 Å². The third-order valence-corrected chi connectivity index (χ3v) is 6.38. The van der Waals surface area contributed by atoms with Gasteiger partial charge in [-0.25, -0.2) is 9.78 Å². The van der Waals surface area contributed by atoms with Crippen molar-refractivity contribution in [2.24, 2.45) is 11.1 Å². The first-order valence-electron chi connectivity index (χ1n) is 10.1. The predicted molar refractivity (Wildman–Crippen MR) is 105 cm³/mol. The molecule has 172 valence electrons. The van der Waals surface area contributed by atoms with E-state index < -0.39 is 23.7 Å². The number of nitrogens with zero attached hydrogens (tertiary/aromatic N) is 4. The molecule has 12 heteroatoms. The topological polar surface area (TPSA) is 126 Å². The number of anilines is 1. The molecule has 2 fully saturated rings. The summed E-state index contributed by atoms with van der Waals surface area (Å²) in [6.07, 6.45) is -1.57. The Hall–Kier alpha value is -3.31. The Balaban J connectivity index is 1.35. The number of amides is 2. The maximum Gasteiger partial charge on any atom is 0.416 e. The van der Waals surface area contributed by atoms with Crippen molar-refractivity contribution in [2.45, 2.75) is 44.4 Å². The Bertz CT molecular complexity index is 1010. The first-order valence-corrected chi connectivity index (χ1v) is 10.1. The van der Waals surface area contributed by atoms with Gasteiger partial charge in [-0.15, -0.1) is 0 Å². The molecule has 1 saturated heterocycles. The molecule has 3 heterocycles. The molecule has 0 unspecified atom stereocenters. The zero-order chi connectivity index (χ0) is 23.1. The highest BCUT2D eigenvalue weighted by atomic mass is 19.4. The summed E-state index contributed by atoms with van der Waals surface area (Å²) in [6.45, 7) is 1.06. The maximum absolute atomic E-state index is 13.0. The second kappa shape index (κ2) is 7.99. The Kier molecular flexibility index (Phi) is 5.47. The van der Waals surface area contributed by atoms with Crippen LogP contribution in [0, 0.1) is 5.41 Å². The van der Waals surface area contributed by atoms with E-state index in [2.05, 4.69) is 10.1 Å². The molecule has 2 aromatic heterocycles. The van der Waals surface area contributed by atoms with E-state index in [0.29, 0.717) is 31.7 Å². The van der Waals surface area contributed by atoms with Gasteiger partial charge in [0.25, 0.3) is 5.91 Å². The summed E-state index contributed by atoms with van der Waals surface area (Å²) in [5.41, 5.74) is 4.30. The molecule has 4 rings (SSSR count). The van der Waals surface area contributed by atoms with Crippen LogP contribution in [0.4, 0.5) is 23.8 Å². The number of pyridine rings is 1. The van der Waals surface area contributed by atoms with Crippen LogP contribution in [0.2, 0.25) is 0 Å². The molecule has 1 aliphatic carbocycles. The molecular weight excluding hydrogens is 431 g/mol. The molecule has 32 heavy (non-hydrogen) atoms. The summed E-state index contributed by atoms with van der Waals surface area (Å²) in [6, 6.07) is 3.12. The van der Waals surface area contributed by atoms with Crippen LogP contribution >= 0.6 is 0 Å². The molecule has 2 aromatic rings. The highest BCUT2D eigenvalue weighted by Crippen LogP contribution is 2.51. The molecule has 1 aliphatic heterocycles. The van der Waals surface area contributed by atoms with E-state index in [1.54, 1.807) is 0 Å². The van der Waals surface area contributed by atoms with Crippen molar-refractivity contribution >= 4 is 17.8 Å². The fourth-order valence-electron chi connectivity index (χ4n) is 4.57. The van der Waals surface area contributed by atoms with Gasteiger partial charge in [-0.05, 0) is 43.2 Å². The second-order valence-corrected chi connectivity index (χ2v) is 8.40. The van der Waals surface area contributed by atoms with Gasteiger partial charge < -0.3 is 20.3 Å². The van der Waals surface area contributed by atoms with E-state index in [1.807, 2.05) is 4.90 Å². The van der Waals surface area contributed by atoms with Crippen molar-refractivity contribution in [3.8, 4) is 0 Å². The minimum Gasteiger partial charge on any atom is -0.465 e. The smallest absolute Gasteiger partial charge is 0.416 e. The Morgan fingerprint density at radius 1 is 1.28 bits per heavy atom. The van der Waals surface area contributed by atoms with Crippen LogP contribution in [0.5, 0.6) is 0 Å². The molecule has 1 spiro atoms. The predicted octanol–water partition coefficient (Wildman–Crippen LogP) is 3.12. The zero-order valence-corrected chi connectivity index (χ0v) is 17.0. The number of alkyl halides is 3. The molecule has 2 aliphatic rings. The van der Waals surface area contributed by atoms with Gasteiger partial charge in [0.2, 0.25) is 0 Å². The van der Waals surface area contributed by atoms with Crippen molar-refractivity contribution in [1.29, 1.82) is 0 Å². The lowest BCUT2D eigenvalue weighted by atomic mass is 9.60. The lowest BCUT2D eigenvalue weighted by Crippen LogP contribution is -2.56. The van der Waals surface area contributed by atoms with Gasteiger partial charge in [-0.2, -0.15) is 13.2 Å². The van der Waals surface area contributed by atoms with Gasteiger partial charge in [0.05, 0.1) is 12.1 Å². The summed E-state index contributed by atoms with van der Waals surface area (Å²) in [4.78, 5) is 30.1. The lowest BCUT2D eigenvalue weighted by Gasteiger charge is -2.54. The van der Waals surface area contributed by atoms with Gasteiger partial charge in [-0.1, -0.05) is 5.16 Å². The van der Waals surface area contributed by atoms with Crippen LogP contribution in [0.3, 0.4) is 0 Å². The van der Waals surface area contributed by atoms with E-state index >= 15 is 0 Å². The van der Waals surface area contributed by atoms with Gasteiger partial charge in [0.15, 0.2) is 11.5 Å². The van der Waals surface area contributed by atoms with Gasteiger partial charge >= 0.3 is 12.3 Å². The van der Waals surface area contributed by atoms with Crippen LogP contribution in [-0.2, 0) is 12.7 Å². The number of carbonyl (C=O) groups excluding carboxylic acids is 1. The average molecular weight is 453 g/mol. The molecule has 3 N–H and O–H groups in total. The van der Waals surface area contributed by atoms with Gasteiger partial charge in [0, 0.05) is 31.4 Å². The number of aromatic nitrogens is 2. The van der Waals surface area contributed by atoms with Crippen LogP contribution in [-0.4, -0.2) is 51.3 Å². The van der Waals surface area contributed by atoms with E-state index in [-0.39, 0.29) is 29.5 Å². The molecule has 0 radical (unpaired) electrons. The minimum absolute atomic E-state index is 0.0450. The summed E-state index contributed by atoms with van der Waals surface area (Å²) < 4.78 is 43.9. The first kappa shape index (κ1) is 21.9.